The monoisotopic (exact) mass is 290 g/mol. The van der Waals surface area contributed by atoms with E-state index in [0.29, 0.717) is 0 Å². The third-order valence-electron chi connectivity index (χ3n) is 2.66. The molecule has 1 N–H and O–H groups in total. The van der Waals surface area contributed by atoms with E-state index in [0.717, 1.165) is 22.7 Å². The molecule has 0 aliphatic carbocycles. The molecule has 0 spiro atoms. The van der Waals surface area contributed by atoms with Crippen molar-refractivity contribution in [3.63, 3.8) is 0 Å². The van der Waals surface area contributed by atoms with Crippen molar-refractivity contribution in [3.8, 4) is 0 Å². The highest BCUT2D eigenvalue weighted by atomic mass is 79.9. The van der Waals surface area contributed by atoms with Crippen LogP contribution in [0.3, 0.4) is 0 Å². The van der Waals surface area contributed by atoms with Gasteiger partial charge in [-0.25, -0.2) is 9.78 Å². The Bertz CT molecular complexity index is 382. The first-order chi connectivity index (χ1) is 7.09. The molecule has 0 radical (unpaired) electrons. The normalized spacial score (nSPS) is 25.9. The van der Waals surface area contributed by atoms with E-state index in [2.05, 4.69) is 20.9 Å². The molecule has 1 aliphatic heterocycles. The Balaban J connectivity index is 2.25. The summed E-state index contributed by atoms with van der Waals surface area (Å²) in [5.41, 5.74) is 0. The van der Waals surface area contributed by atoms with Crippen molar-refractivity contribution in [1.29, 1.82) is 0 Å². The lowest BCUT2D eigenvalue weighted by Gasteiger charge is -2.22. The van der Waals surface area contributed by atoms with Gasteiger partial charge in [0.15, 0.2) is 5.13 Å². The summed E-state index contributed by atoms with van der Waals surface area (Å²) in [7, 11) is 0. The highest BCUT2D eigenvalue weighted by molar-refractivity contribution is 9.10. The van der Waals surface area contributed by atoms with Gasteiger partial charge in [-0.2, -0.15) is 0 Å². The quantitative estimate of drug-likeness (QED) is 0.907. The van der Waals surface area contributed by atoms with Gasteiger partial charge in [0, 0.05) is 11.9 Å². The zero-order valence-corrected chi connectivity index (χ0v) is 10.6. The van der Waals surface area contributed by atoms with E-state index in [1.54, 1.807) is 0 Å². The number of nitrogens with zero attached hydrogens (tertiary/aromatic N) is 2. The maximum atomic E-state index is 11.1. The number of hydrogen-bond acceptors (Lipinski definition) is 4. The van der Waals surface area contributed by atoms with E-state index in [4.69, 9.17) is 5.11 Å². The first-order valence-electron chi connectivity index (χ1n) is 4.70. The van der Waals surface area contributed by atoms with Gasteiger partial charge < -0.3 is 10.0 Å². The van der Waals surface area contributed by atoms with Crippen LogP contribution >= 0.6 is 27.3 Å². The van der Waals surface area contributed by atoms with Gasteiger partial charge in [0.05, 0.1) is 0 Å². The van der Waals surface area contributed by atoms with Gasteiger partial charge in [0.2, 0.25) is 0 Å². The topological polar surface area (TPSA) is 53.4 Å². The molecule has 0 saturated carbocycles. The van der Waals surface area contributed by atoms with Gasteiger partial charge in [-0.3, -0.25) is 0 Å². The summed E-state index contributed by atoms with van der Waals surface area (Å²) in [4.78, 5) is 17.3. The van der Waals surface area contributed by atoms with E-state index < -0.39 is 12.0 Å². The minimum Gasteiger partial charge on any atom is -0.480 e. The fourth-order valence-electron chi connectivity index (χ4n) is 1.92. The largest absolute Gasteiger partial charge is 0.480 e. The molecule has 0 bridgehead atoms. The molecule has 2 heterocycles. The molecule has 1 aliphatic rings. The Hall–Kier alpha value is -0.620. The number of thiazole rings is 1. The Labute approximate surface area is 100 Å². The molecule has 1 fully saturated rings. The highest BCUT2D eigenvalue weighted by Gasteiger charge is 2.37. The number of anilines is 1. The molecule has 1 aromatic rings. The number of aliphatic carboxylic acids is 1. The summed E-state index contributed by atoms with van der Waals surface area (Å²) in [5, 5.41) is 11.8. The van der Waals surface area contributed by atoms with Crippen molar-refractivity contribution in [2.24, 2.45) is 5.92 Å². The third-order valence-corrected chi connectivity index (χ3v) is 4.25. The number of hydrogen-bond donors (Lipinski definition) is 1. The summed E-state index contributed by atoms with van der Waals surface area (Å²) >= 11 is 4.75. The number of rotatable bonds is 2. The van der Waals surface area contributed by atoms with Crippen molar-refractivity contribution < 1.29 is 9.90 Å². The zero-order valence-electron chi connectivity index (χ0n) is 8.18. The summed E-state index contributed by atoms with van der Waals surface area (Å²) < 4.78 is 0.770. The van der Waals surface area contributed by atoms with Crippen LogP contribution in [-0.4, -0.2) is 28.6 Å². The van der Waals surface area contributed by atoms with E-state index in [1.165, 1.54) is 11.3 Å². The van der Waals surface area contributed by atoms with Crippen molar-refractivity contribution in [2.45, 2.75) is 19.4 Å². The van der Waals surface area contributed by atoms with Crippen LogP contribution in [0.25, 0.3) is 0 Å². The highest BCUT2D eigenvalue weighted by Crippen LogP contribution is 2.32. The number of carboxylic acids is 1. The predicted molar refractivity (Wildman–Crippen MR) is 62.4 cm³/mol. The molecule has 0 aromatic carbocycles. The first-order valence-corrected chi connectivity index (χ1v) is 6.37. The number of aromatic nitrogens is 1. The molecule has 2 rings (SSSR count). The van der Waals surface area contributed by atoms with Crippen LogP contribution in [-0.2, 0) is 4.79 Å². The van der Waals surface area contributed by atoms with Gasteiger partial charge in [0.25, 0.3) is 0 Å². The fraction of sp³-hybridized carbons (Fsp3) is 0.556. The second-order valence-corrected chi connectivity index (χ2v) is 5.34. The molecule has 1 saturated heterocycles. The van der Waals surface area contributed by atoms with E-state index in [-0.39, 0.29) is 5.92 Å². The summed E-state index contributed by atoms with van der Waals surface area (Å²) in [6, 6.07) is -0.428. The smallest absolute Gasteiger partial charge is 0.326 e. The van der Waals surface area contributed by atoms with Gasteiger partial charge in [-0.15, -0.1) is 11.3 Å². The second kappa shape index (κ2) is 4.09. The molecule has 82 valence electrons. The summed E-state index contributed by atoms with van der Waals surface area (Å²) in [6.45, 7) is 2.75. The maximum Gasteiger partial charge on any atom is 0.326 e. The van der Waals surface area contributed by atoms with Crippen LogP contribution < -0.4 is 4.90 Å². The molecule has 0 amide bonds. The molecule has 1 aromatic heterocycles. The Morgan fingerprint density at radius 1 is 1.80 bits per heavy atom. The lowest BCUT2D eigenvalue weighted by molar-refractivity contribution is -0.139. The number of halogens is 1. The molecular formula is C9H11BrN2O2S. The van der Waals surface area contributed by atoms with E-state index in [9.17, 15) is 4.79 Å². The lowest BCUT2D eigenvalue weighted by atomic mass is 10.0. The van der Waals surface area contributed by atoms with E-state index >= 15 is 0 Å². The van der Waals surface area contributed by atoms with Gasteiger partial charge in [-0.05, 0) is 28.3 Å². The van der Waals surface area contributed by atoms with E-state index in [1.807, 2.05) is 17.2 Å². The Morgan fingerprint density at radius 2 is 2.53 bits per heavy atom. The van der Waals surface area contributed by atoms with Gasteiger partial charge in [0.1, 0.15) is 10.6 Å². The molecule has 2 atom stereocenters. The Morgan fingerprint density at radius 3 is 3.07 bits per heavy atom. The van der Waals surface area contributed by atoms with Crippen molar-refractivity contribution in [3.05, 3.63) is 9.98 Å². The van der Waals surface area contributed by atoms with Crippen molar-refractivity contribution in [1.82, 2.24) is 4.98 Å². The molecular weight excluding hydrogens is 280 g/mol. The van der Waals surface area contributed by atoms with Gasteiger partial charge in [-0.1, -0.05) is 6.92 Å². The van der Waals surface area contributed by atoms with Crippen LogP contribution in [0.15, 0.2) is 9.98 Å². The van der Waals surface area contributed by atoms with Gasteiger partial charge >= 0.3 is 5.97 Å². The average Bonchev–Trinajstić information content (AvgIpc) is 2.71. The lowest BCUT2D eigenvalue weighted by Crippen LogP contribution is -2.38. The Kier molecular flexibility index (Phi) is 2.97. The third kappa shape index (κ3) is 2.01. The minimum absolute atomic E-state index is 0.185. The predicted octanol–water partition coefficient (Wildman–Crippen LogP) is 2.20. The second-order valence-electron chi connectivity index (χ2n) is 3.70. The first kappa shape index (κ1) is 10.9. The maximum absolute atomic E-state index is 11.1. The minimum atomic E-state index is -0.758. The number of carbonyl (C=O) groups is 1. The fourth-order valence-corrected chi connectivity index (χ4v) is 3.23. The van der Waals surface area contributed by atoms with Crippen LogP contribution in [0.4, 0.5) is 5.13 Å². The number of carboxylic acid groups (broad SMARTS) is 1. The molecule has 15 heavy (non-hydrogen) atoms. The zero-order chi connectivity index (χ0) is 11.0. The van der Waals surface area contributed by atoms with Crippen molar-refractivity contribution in [2.75, 3.05) is 11.4 Å². The van der Waals surface area contributed by atoms with Crippen LogP contribution in [0.1, 0.15) is 13.3 Å². The SMILES string of the molecule is CC1CCN(c2nc(Br)cs2)C1C(=O)O. The summed E-state index contributed by atoms with van der Waals surface area (Å²) in [5.74, 6) is -0.573. The molecule has 4 nitrogen and oxygen atoms in total. The van der Waals surface area contributed by atoms with Crippen LogP contribution in [0.5, 0.6) is 0 Å². The van der Waals surface area contributed by atoms with Crippen molar-refractivity contribution >= 4 is 38.4 Å². The molecule has 6 heteroatoms. The summed E-state index contributed by atoms with van der Waals surface area (Å²) in [6.07, 6.45) is 0.911. The standard InChI is InChI=1S/C9H11BrN2O2S/c1-5-2-3-12(7(5)8(13)14)9-11-6(10)4-15-9/h4-5,7H,2-3H2,1H3,(H,13,14). The van der Waals surface area contributed by atoms with Crippen LogP contribution in [0, 0.1) is 5.92 Å². The average molecular weight is 291 g/mol. The van der Waals surface area contributed by atoms with Crippen LogP contribution in [0.2, 0.25) is 0 Å². The molecule has 2 unspecified atom stereocenters.